The van der Waals surface area contributed by atoms with Crippen LogP contribution < -0.4 is 0 Å². The molecule has 0 aromatic carbocycles. The molecule has 0 aliphatic carbocycles. The number of piperidine rings is 1. The average Bonchev–Trinajstić information content (AvgIpc) is 2.64. The number of hydrogen-bond donors (Lipinski definition) is 2. The van der Waals surface area contributed by atoms with Crippen LogP contribution in [0.15, 0.2) is 29.4 Å². The first-order chi connectivity index (χ1) is 12.9. The Morgan fingerprint density at radius 2 is 1.93 bits per heavy atom. The molecule has 3 amide bonds. The summed E-state index contributed by atoms with van der Waals surface area (Å²) in [6.45, 7) is 3.17. The van der Waals surface area contributed by atoms with Crippen LogP contribution in [-0.4, -0.2) is 68.0 Å². The Hall–Kier alpha value is -2.29. The van der Waals surface area contributed by atoms with Crippen LogP contribution in [0.4, 0.5) is 9.59 Å². The Balaban J connectivity index is 2.01. The summed E-state index contributed by atoms with van der Waals surface area (Å²) in [5, 5.41) is 19.4. The lowest BCUT2D eigenvalue weighted by molar-refractivity contribution is -0.137. The summed E-state index contributed by atoms with van der Waals surface area (Å²) in [7, 11) is 0. The molecule has 2 N–H and O–H groups in total. The van der Waals surface area contributed by atoms with Crippen molar-refractivity contribution in [1.82, 2.24) is 14.8 Å². The van der Waals surface area contributed by atoms with Gasteiger partial charge in [0.15, 0.2) is 0 Å². The molecule has 2 rings (SSSR count). The third kappa shape index (κ3) is 6.13. The highest BCUT2D eigenvalue weighted by molar-refractivity contribution is 7.99. The maximum absolute atomic E-state index is 12.9. The minimum Gasteiger partial charge on any atom is -0.464 e. The Bertz CT molecular complexity index is 636. The van der Waals surface area contributed by atoms with Crippen LogP contribution in [0.1, 0.15) is 32.6 Å². The van der Waals surface area contributed by atoms with Gasteiger partial charge in [-0.3, -0.25) is 4.79 Å². The van der Waals surface area contributed by atoms with Crippen LogP contribution in [0.2, 0.25) is 0 Å². The van der Waals surface area contributed by atoms with Crippen molar-refractivity contribution in [3.63, 3.8) is 0 Å². The topological polar surface area (TPSA) is 111 Å². The normalized spacial score (nSPS) is 16.0. The first-order valence-electron chi connectivity index (χ1n) is 8.98. The van der Waals surface area contributed by atoms with E-state index in [9.17, 15) is 24.6 Å². The van der Waals surface area contributed by atoms with Crippen LogP contribution in [-0.2, 0) is 4.79 Å². The lowest BCUT2D eigenvalue weighted by Gasteiger charge is -2.35. The van der Waals surface area contributed by atoms with Gasteiger partial charge in [0, 0.05) is 19.3 Å². The van der Waals surface area contributed by atoms with E-state index in [0.717, 1.165) is 17.9 Å². The van der Waals surface area contributed by atoms with Crippen LogP contribution in [0.25, 0.3) is 0 Å². The standard InChI is InChI=1S/C18H25N3O5S/c1-13-7-10-20(11-8-13)16(22)14(21(17(23)24)18(25)26)5-4-12-27-15-6-2-3-9-19-15/h2-3,6,9,13-14H,4-5,7-8,10-12H2,1H3,(H,23,24)(H,25,26)/t14-/m0/s1. The van der Waals surface area contributed by atoms with Crippen molar-refractivity contribution in [2.24, 2.45) is 5.92 Å². The van der Waals surface area contributed by atoms with Gasteiger partial charge in [-0.05, 0) is 49.5 Å². The molecule has 8 nitrogen and oxygen atoms in total. The van der Waals surface area contributed by atoms with Gasteiger partial charge in [0.2, 0.25) is 5.91 Å². The first-order valence-corrected chi connectivity index (χ1v) is 9.96. The fraction of sp³-hybridized carbons (Fsp3) is 0.556. The number of likely N-dealkylation sites (tertiary alicyclic amines) is 1. The van der Waals surface area contributed by atoms with E-state index in [0.29, 0.717) is 31.2 Å². The second-order valence-corrected chi connectivity index (χ2v) is 7.73. The number of thioether (sulfide) groups is 1. The summed E-state index contributed by atoms with van der Waals surface area (Å²) in [6, 6.07) is 4.34. The number of hydrogen-bond acceptors (Lipinski definition) is 5. The highest BCUT2D eigenvalue weighted by Gasteiger charge is 2.37. The summed E-state index contributed by atoms with van der Waals surface area (Å²) in [6.07, 6.45) is 0.778. The minimum absolute atomic E-state index is 0.156. The van der Waals surface area contributed by atoms with Crippen molar-refractivity contribution >= 4 is 29.9 Å². The second kappa shape index (κ2) is 10.1. The molecule has 0 bridgehead atoms. The Morgan fingerprint density at radius 1 is 1.26 bits per heavy atom. The van der Waals surface area contributed by atoms with E-state index >= 15 is 0 Å². The van der Waals surface area contributed by atoms with E-state index in [1.165, 1.54) is 11.8 Å². The number of nitrogens with zero attached hydrogens (tertiary/aromatic N) is 3. The van der Waals surface area contributed by atoms with Crippen LogP contribution in [0.3, 0.4) is 0 Å². The number of imide groups is 1. The zero-order chi connectivity index (χ0) is 19.8. The van der Waals surface area contributed by atoms with E-state index in [-0.39, 0.29) is 11.3 Å². The molecule has 1 aliphatic heterocycles. The van der Waals surface area contributed by atoms with E-state index in [2.05, 4.69) is 11.9 Å². The largest absolute Gasteiger partial charge is 0.464 e. The molecule has 0 unspecified atom stereocenters. The van der Waals surface area contributed by atoms with Gasteiger partial charge in [-0.15, -0.1) is 11.8 Å². The fourth-order valence-electron chi connectivity index (χ4n) is 3.04. The van der Waals surface area contributed by atoms with Gasteiger partial charge >= 0.3 is 12.2 Å². The minimum atomic E-state index is -1.62. The van der Waals surface area contributed by atoms with Gasteiger partial charge in [0.1, 0.15) is 6.04 Å². The molecule has 0 radical (unpaired) electrons. The Morgan fingerprint density at radius 3 is 2.48 bits per heavy atom. The summed E-state index contributed by atoms with van der Waals surface area (Å²) < 4.78 is 0. The molecule has 27 heavy (non-hydrogen) atoms. The fourth-order valence-corrected chi connectivity index (χ4v) is 3.87. The number of amides is 3. The molecule has 148 valence electrons. The van der Waals surface area contributed by atoms with E-state index in [1.54, 1.807) is 11.1 Å². The van der Waals surface area contributed by atoms with Gasteiger partial charge in [0.25, 0.3) is 0 Å². The molecule has 1 fully saturated rings. The number of aromatic nitrogens is 1. The van der Waals surface area contributed by atoms with Crippen molar-refractivity contribution in [2.45, 2.75) is 43.7 Å². The lowest BCUT2D eigenvalue weighted by atomic mass is 9.98. The summed E-state index contributed by atoms with van der Waals surface area (Å²) in [5.41, 5.74) is 0. The molecule has 1 aromatic rings. The van der Waals surface area contributed by atoms with E-state index in [1.807, 2.05) is 18.2 Å². The number of carbonyl (C=O) groups is 3. The lowest BCUT2D eigenvalue weighted by Crippen LogP contribution is -2.54. The maximum atomic E-state index is 12.9. The molecule has 0 spiro atoms. The number of pyridine rings is 1. The third-order valence-corrected chi connectivity index (χ3v) is 5.64. The van der Waals surface area contributed by atoms with Gasteiger partial charge < -0.3 is 15.1 Å². The average molecular weight is 395 g/mol. The molecule has 0 saturated carbocycles. The van der Waals surface area contributed by atoms with Gasteiger partial charge in [-0.25, -0.2) is 14.6 Å². The van der Waals surface area contributed by atoms with Crippen LogP contribution >= 0.6 is 11.8 Å². The predicted molar refractivity (Wildman–Crippen MR) is 101 cm³/mol. The van der Waals surface area contributed by atoms with Crippen molar-refractivity contribution in [2.75, 3.05) is 18.8 Å². The molecule has 1 saturated heterocycles. The highest BCUT2D eigenvalue weighted by Crippen LogP contribution is 2.22. The van der Waals surface area contributed by atoms with E-state index < -0.39 is 24.1 Å². The summed E-state index contributed by atoms with van der Waals surface area (Å²) >= 11 is 1.49. The summed E-state index contributed by atoms with van der Waals surface area (Å²) in [4.78, 5) is 41.8. The highest BCUT2D eigenvalue weighted by atomic mass is 32.2. The third-order valence-electron chi connectivity index (χ3n) is 4.61. The zero-order valence-corrected chi connectivity index (χ0v) is 16.1. The smallest absolute Gasteiger partial charge is 0.417 e. The molecule has 1 aliphatic rings. The monoisotopic (exact) mass is 395 g/mol. The van der Waals surface area contributed by atoms with Gasteiger partial charge in [-0.1, -0.05) is 13.0 Å². The quantitative estimate of drug-likeness (QED) is 0.538. The first kappa shape index (κ1) is 21.0. The van der Waals surface area contributed by atoms with Gasteiger partial charge in [-0.2, -0.15) is 4.90 Å². The maximum Gasteiger partial charge on any atom is 0.417 e. The Labute approximate surface area is 162 Å². The molecule has 2 heterocycles. The second-order valence-electron chi connectivity index (χ2n) is 6.62. The summed E-state index contributed by atoms with van der Waals surface area (Å²) in [5.74, 6) is 0.706. The van der Waals surface area contributed by atoms with Crippen molar-refractivity contribution in [3.8, 4) is 0 Å². The van der Waals surface area contributed by atoms with Crippen LogP contribution in [0, 0.1) is 5.92 Å². The predicted octanol–water partition coefficient (Wildman–Crippen LogP) is 3.24. The molecular weight excluding hydrogens is 370 g/mol. The van der Waals surface area contributed by atoms with Crippen LogP contribution in [0.5, 0.6) is 0 Å². The zero-order valence-electron chi connectivity index (χ0n) is 15.3. The van der Waals surface area contributed by atoms with Crippen molar-refractivity contribution in [1.29, 1.82) is 0 Å². The molecule has 1 atom stereocenters. The van der Waals surface area contributed by atoms with Gasteiger partial charge in [0.05, 0.1) is 5.03 Å². The van der Waals surface area contributed by atoms with E-state index in [4.69, 9.17) is 0 Å². The molecular formula is C18H25N3O5S. The number of rotatable bonds is 7. The van der Waals surface area contributed by atoms with Crippen molar-refractivity contribution in [3.05, 3.63) is 24.4 Å². The van der Waals surface area contributed by atoms with Crippen molar-refractivity contribution < 1.29 is 24.6 Å². The number of carbonyl (C=O) groups excluding carboxylic acids is 1. The number of carboxylic acid groups (broad SMARTS) is 2. The Kier molecular flexibility index (Phi) is 7.90. The SMILES string of the molecule is CC1CCN(C(=O)[C@H](CCCSc2ccccn2)N(C(=O)O)C(=O)O)CC1. The molecule has 1 aromatic heterocycles. The molecule has 9 heteroatoms.